The summed E-state index contributed by atoms with van der Waals surface area (Å²) in [6, 6.07) is 5.22. The van der Waals surface area contributed by atoms with E-state index in [1.165, 1.54) is 0 Å². The molecule has 0 radical (unpaired) electrons. The van der Waals surface area contributed by atoms with E-state index in [9.17, 15) is 9.59 Å². The second kappa shape index (κ2) is 7.15. The van der Waals surface area contributed by atoms with Gasteiger partial charge in [-0.15, -0.1) is 0 Å². The maximum atomic E-state index is 11.6. The second-order valence-corrected chi connectivity index (χ2v) is 6.32. The highest BCUT2D eigenvalue weighted by Gasteiger charge is 2.16. The lowest BCUT2D eigenvalue weighted by atomic mass is 10.1. The molecule has 0 aliphatic heterocycles. The van der Waals surface area contributed by atoms with Crippen molar-refractivity contribution in [3.05, 3.63) is 29.3 Å². The molecule has 0 spiro atoms. The monoisotopic (exact) mass is 307 g/mol. The van der Waals surface area contributed by atoms with E-state index in [2.05, 4.69) is 10.6 Å². The topological polar surface area (TPSA) is 93.5 Å². The number of rotatable bonds is 5. The molecule has 0 aliphatic rings. The average molecular weight is 307 g/mol. The van der Waals surface area contributed by atoms with Gasteiger partial charge < -0.3 is 21.1 Å². The van der Waals surface area contributed by atoms with Gasteiger partial charge in [0.2, 0.25) is 5.91 Å². The molecule has 6 nitrogen and oxygen atoms in total. The number of amides is 2. The Morgan fingerprint density at radius 1 is 1.32 bits per heavy atom. The molecule has 1 aromatic rings. The van der Waals surface area contributed by atoms with Crippen molar-refractivity contribution in [3.8, 4) is 0 Å². The summed E-state index contributed by atoms with van der Waals surface area (Å²) >= 11 is 0. The molecule has 6 heteroatoms. The van der Waals surface area contributed by atoms with Crippen LogP contribution in [0.5, 0.6) is 0 Å². The third kappa shape index (κ3) is 6.03. The van der Waals surface area contributed by atoms with Crippen LogP contribution >= 0.6 is 0 Å². The molecule has 4 N–H and O–H groups in total. The van der Waals surface area contributed by atoms with Crippen molar-refractivity contribution in [3.63, 3.8) is 0 Å². The van der Waals surface area contributed by atoms with Gasteiger partial charge in [0, 0.05) is 23.8 Å². The second-order valence-electron chi connectivity index (χ2n) is 6.32. The Bertz CT molecular complexity index is 550. The number of carbonyl (C=O) groups excluding carboxylic acids is 2. The average Bonchev–Trinajstić information content (AvgIpc) is 2.36. The number of nitrogens with two attached hydrogens (primary N) is 1. The number of hydrogen-bond donors (Lipinski definition) is 3. The zero-order valence-electron chi connectivity index (χ0n) is 13.8. The Morgan fingerprint density at radius 2 is 1.95 bits per heavy atom. The van der Waals surface area contributed by atoms with Crippen LogP contribution in [0.1, 0.15) is 43.6 Å². The van der Waals surface area contributed by atoms with Crippen molar-refractivity contribution in [2.24, 2.45) is 5.73 Å². The first-order valence-electron chi connectivity index (χ1n) is 7.22. The van der Waals surface area contributed by atoms with E-state index >= 15 is 0 Å². The molecule has 0 heterocycles. The van der Waals surface area contributed by atoms with Crippen LogP contribution in [0.2, 0.25) is 0 Å². The van der Waals surface area contributed by atoms with Crippen LogP contribution in [-0.2, 0) is 4.74 Å². The summed E-state index contributed by atoms with van der Waals surface area (Å²) in [5.74, 6) is -0.450. The molecule has 1 unspecified atom stereocenters. The Hall–Kier alpha value is -2.24. The maximum absolute atomic E-state index is 11.6. The molecule has 1 rings (SSSR count). The van der Waals surface area contributed by atoms with Crippen LogP contribution in [0.4, 0.5) is 10.5 Å². The third-order valence-electron chi connectivity index (χ3n) is 2.86. The molecule has 0 saturated carbocycles. The summed E-state index contributed by atoms with van der Waals surface area (Å²) in [4.78, 5) is 22.7. The number of primary amides is 1. The lowest BCUT2D eigenvalue weighted by molar-refractivity contribution is 0.0526. The Kier molecular flexibility index (Phi) is 5.79. The number of alkyl carbamates (subject to hydrolysis) is 1. The first-order chi connectivity index (χ1) is 10.1. The molecular weight excluding hydrogens is 282 g/mol. The van der Waals surface area contributed by atoms with E-state index in [1.807, 2.05) is 34.6 Å². The first-order valence-corrected chi connectivity index (χ1v) is 7.22. The molecule has 0 bridgehead atoms. The highest BCUT2D eigenvalue weighted by Crippen LogP contribution is 2.17. The molecule has 1 atom stereocenters. The van der Waals surface area contributed by atoms with Crippen molar-refractivity contribution in [1.29, 1.82) is 0 Å². The fourth-order valence-corrected chi connectivity index (χ4v) is 1.85. The minimum Gasteiger partial charge on any atom is -0.444 e. The van der Waals surface area contributed by atoms with Crippen LogP contribution in [0.25, 0.3) is 0 Å². The van der Waals surface area contributed by atoms with Crippen LogP contribution in [0.15, 0.2) is 18.2 Å². The van der Waals surface area contributed by atoms with E-state index in [0.29, 0.717) is 12.1 Å². The van der Waals surface area contributed by atoms with Crippen LogP contribution in [0.3, 0.4) is 0 Å². The fourth-order valence-electron chi connectivity index (χ4n) is 1.85. The summed E-state index contributed by atoms with van der Waals surface area (Å²) < 4.78 is 5.17. The maximum Gasteiger partial charge on any atom is 0.407 e. The van der Waals surface area contributed by atoms with Gasteiger partial charge >= 0.3 is 6.09 Å². The summed E-state index contributed by atoms with van der Waals surface area (Å²) in [6.45, 7) is 9.71. The first kappa shape index (κ1) is 17.8. The predicted molar refractivity (Wildman–Crippen MR) is 87.0 cm³/mol. The Labute approximate surface area is 131 Å². The minimum absolute atomic E-state index is 0.00523. The zero-order chi connectivity index (χ0) is 16.9. The van der Waals surface area contributed by atoms with Crippen LogP contribution in [-0.4, -0.2) is 30.2 Å². The lowest BCUT2D eigenvalue weighted by Crippen LogP contribution is -2.38. The van der Waals surface area contributed by atoms with Crippen molar-refractivity contribution in [2.45, 2.75) is 46.3 Å². The number of carbonyl (C=O) groups is 2. The number of aryl methyl sites for hydroxylation is 1. The van der Waals surface area contributed by atoms with Gasteiger partial charge in [0.15, 0.2) is 0 Å². The molecular formula is C16H25N3O3. The summed E-state index contributed by atoms with van der Waals surface area (Å²) in [6.07, 6.45) is -0.443. The van der Waals surface area contributed by atoms with Crippen molar-refractivity contribution in [1.82, 2.24) is 5.32 Å². The normalized spacial score (nSPS) is 12.4. The van der Waals surface area contributed by atoms with Crippen LogP contribution < -0.4 is 16.4 Å². The quantitative estimate of drug-likeness (QED) is 0.778. The summed E-state index contributed by atoms with van der Waals surface area (Å²) in [7, 11) is 0. The molecule has 122 valence electrons. The van der Waals surface area contributed by atoms with Gasteiger partial charge in [-0.05, 0) is 58.4 Å². The van der Waals surface area contributed by atoms with Crippen molar-refractivity contribution < 1.29 is 14.3 Å². The smallest absolute Gasteiger partial charge is 0.407 e. The van der Waals surface area contributed by atoms with Gasteiger partial charge in [-0.25, -0.2) is 4.79 Å². The number of anilines is 1. The van der Waals surface area contributed by atoms with Gasteiger partial charge in [0.1, 0.15) is 5.60 Å². The number of hydrogen-bond acceptors (Lipinski definition) is 4. The Morgan fingerprint density at radius 3 is 2.45 bits per heavy atom. The molecule has 22 heavy (non-hydrogen) atoms. The molecule has 0 fully saturated rings. The van der Waals surface area contributed by atoms with E-state index in [4.69, 9.17) is 10.5 Å². The zero-order valence-corrected chi connectivity index (χ0v) is 13.8. The van der Waals surface area contributed by atoms with E-state index < -0.39 is 17.6 Å². The van der Waals surface area contributed by atoms with Crippen molar-refractivity contribution >= 4 is 17.7 Å². The third-order valence-corrected chi connectivity index (χ3v) is 2.86. The minimum atomic E-state index is -0.512. The predicted octanol–water partition coefficient (Wildman–Crippen LogP) is 2.42. The lowest BCUT2D eigenvalue weighted by Gasteiger charge is -2.22. The van der Waals surface area contributed by atoms with Gasteiger partial charge in [-0.3, -0.25) is 4.79 Å². The number of nitrogens with one attached hydrogen (secondary N) is 2. The summed E-state index contributed by atoms with van der Waals surface area (Å²) in [5.41, 5.74) is 7.02. The molecule has 1 aromatic carbocycles. The SMILES string of the molecule is Cc1cc(C(N)=O)ccc1NC(C)CNC(=O)OC(C)(C)C. The van der Waals surface area contributed by atoms with Crippen molar-refractivity contribution in [2.75, 3.05) is 11.9 Å². The van der Waals surface area contributed by atoms with Crippen LogP contribution in [0, 0.1) is 6.92 Å². The summed E-state index contributed by atoms with van der Waals surface area (Å²) in [5, 5.41) is 5.98. The molecule has 0 aromatic heterocycles. The largest absolute Gasteiger partial charge is 0.444 e. The molecule has 0 saturated heterocycles. The number of ether oxygens (including phenoxy) is 1. The van der Waals surface area contributed by atoms with Gasteiger partial charge in [-0.1, -0.05) is 0 Å². The highest BCUT2D eigenvalue weighted by molar-refractivity contribution is 5.93. The van der Waals surface area contributed by atoms with E-state index in [0.717, 1.165) is 11.3 Å². The molecule has 2 amide bonds. The molecule has 0 aliphatic carbocycles. The standard InChI is InChI=1S/C16H25N3O3/c1-10-8-12(14(17)20)6-7-13(10)19-11(2)9-18-15(21)22-16(3,4)5/h6-8,11,19H,9H2,1-5H3,(H2,17,20)(H,18,21). The van der Waals surface area contributed by atoms with Gasteiger partial charge in [0.05, 0.1) is 0 Å². The highest BCUT2D eigenvalue weighted by atomic mass is 16.6. The van der Waals surface area contributed by atoms with Gasteiger partial charge in [-0.2, -0.15) is 0 Å². The van der Waals surface area contributed by atoms with E-state index in [1.54, 1.807) is 18.2 Å². The van der Waals surface area contributed by atoms with E-state index in [-0.39, 0.29) is 6.04 Å². The van der Waals surface area contributed by atoms with Gasteiger partial charge in [0.25, 0.3) is 0 Å². The fraction of sp³-hybridized carbons (Fsp3) is 0.500. The number of benzene rings is 1. The Balaban J connectivity index is 2.53.